The van der Waals surface area contributed by atoms with E-state index in [2.05, 4.69) is 15.0 Å². The number of nitrogens with zero attached hydrogens (tertiary/aromatic N) is 5. The molecule has 0 spiro atoms. The smallest absolute Gasteiger partial charge is 0.361 e. The van der Waals surface area contributed by atoms with Gasteiger partial charge in [0.25, 0.3) is 0 Å². The topological polar surface area (TPSA) is 81.0 Å². The van der Waals surface area contributed by atoms with Gasteiger partial charge in [-0.2, -0.15) is 13.2 Å². The minimum Gasteiger partial charge on any atom is -0.361 e. The van der Waals surface area contributed by atoms with E-state index >= 15 is 0 Å². The Morgan fingerprint density at radius 2 is 1.74 bits per heavy atom. The summed E-state index contributed by atoms with van der Waals surface area (Å²) in [6, 6.07) is 6.10. The quantitative estimate of drug-likeness (QED) is 0.670. The number of hydrogen-bond donors (Lipinski definition) is 0. The first-order chi connectivity index (χ1) is 12.5. The summed E-state index contributed by atoms with van der Waals surface area (Å²) in [6.45, 7) is 0.182. The maximum Gasteiger partial charge on any atom is 0.451 e. The van der Waals surface area contributed by atoms with Crippen LogP contribution in [0.2, 0.25) is 0 Å². The normalized spacial score (nSPS) is 12.5. The molecule has 1 aromatic carbocycles. The average Bonchev–Trinajstić information content (AvgIpc) is 2.95. The highest BCUT2D eigenvalue weighted by Gasteiger charge is 2.36. The average molecular weight is 399 g/mol. The van der Waals surface area contributed by atoms with Gasteiger partial charge in [-0.25, -0.2) is 23.4 Å². The highest BCUT2D eigenvalue weighted by Crippen LogP contribution is 2.30. The minimum absolute atomic E-state index is 0.0493. The molecule has 0 N–H and O–H groups in total. The van der Waals surface area contributed by atoms with Gasteiger partial charge in [0, 0.05) is 20.4 Å². The number of anilines is 1. The second-order valence-corrected chi connectivity index (χ2v) is 8.24. The van der Waals surface area contributed by atoms with Crippen LogP contribution in [-0.4, -0.2) is 48.3 Å². The van der Waals surface area contributed by atoms with E-state index in [0.717, 1.165) is 6.26 Å². The van der Waals surface area contributed by atoms with Crippen LogP contribution < -0.4 is 4.90 Å². The van der Waals surface area contributed by atoms with Gasteiger partial charge in [-0.05, 0) is 17.7 Å². The van der Waals surface area contributed by atoms with Crippen LogP contribution >= 0.6 is 0 Å². The molecule has 0 bridgehead atoms. The van der Waals surface area contributed by atoms with Crippen LogP contribution in [0.3, 0.4) is 0 Å². The number of aromatic nitrogens is 4. The molecular formula is C16H16F3N5O2S. The van der Waals surface area contributed by atoms with Crippen molar-refractivity contribution >= 4 is 26.8 Å². The van der Waals surface area contributed by atoms with Gasteiger partial charge >= 0.3 is 6.18 Å². The summed E-state index contributed by atoms with van der Waals surface area (Å²) >= 11 is 0. The first kappa shape index (κ1) is 19.1. The van der Waals surface area contributed by atoms with Gasteiger partial charge in [-0.3, -0.25) is 0 Å². The molecule has 0 fully saturated rings. The summed E-state index contributed by atoms with van der Waals surface area (Å²) in [5, 5.41) is 0. The van der Waals surface area contributed by atoms with Crippen molar-refractivity contribution in [3.8, 4) is 0 Å². The second-order valence-electron chi connectivity index (χ2n) is 6.22. The molecule has 7 nitrogen and oxygen atoms in total. The van der Waals surface area contributed by atoms with Crippen LogP contribution in [0.4, 0.5) is 19.0 Å². The van der Waals surface area contributed by atoms with E-state index in [4.69, 9.17) is 0 Å². The highest BCUT2D eigenvalue weighted by atomic mass is 32.2. The molecule has 0 amide bonds. The second kappa shape index (κ2) is 6.48. The van der Waals surface area contributed by atoms with Crippen LogP contribution in [0.1, 0.15) is 11.4 Å². The zero-order valence-electron chi connectivity index (χ0n) is 14.7. The monoisotopic (exact) mass is 399 g/mol. The van der Waals surface area contributed by atoms with Gasteiger partial charge in [0.05, 0.1) is 17.8 Å². The van der Waals surface area contributed by atoms with Crippen molar-refractivity contribution in [2.75, 3.05) is 25.3 Å². The summed E-state index contributed by atoms with van der Waals surface area (Å²) in [4.78, 5) is 13.0. The standard InChI is InChI=1S/C16H16F3N5O2S/c1-23(2)13-12-14(22-15(21-13)16(17,18)19)24(9-20-12)8-10-4-6-11(7-5-10)27(3,25)26/h4-7,9H,8H2,1-3H3. The van der Waals surface area contributed by atoms with E-state index in [0.29, 0.717) is 5.56 Å². The molecule has 0 aliphatic heterocycles. The van der Waals surface area contributed by atoms with Gasteiger partial charge in [0.1, 0.15) is 0 Å². The molecule has 144 valence electrons. The molecule has 0 atom stereocenters. The van der Waals surface area contributed by atoms with Crippen molar-refractivity contribution in [1.82, 2.24) is 19.5 Å². The Balaban J connectivity index is 2.06. The number of alkyl halides is 3. The first-order valence-electron chi connectivity index (χ1n) is 7.73. The molecule has 0 radical (unpaired) electrons. The van der Waals surface area contributed by atoms with E-state index < -0.39 is 21.8 Å². The molecule has 11 heteroatoms. The minimum atomic E-state index is -4.69. The Morgan fingerprint density at radius 3 is 2.26 bits per heavy atom. The molecule has 0 saturated heterocycles. The summed E-state index contributed by atoms with van der Waals surface area (Å²) in [6.07, 6.45) is -2.20. The zero-order valence-corrected chi connectivity index (χ0v) is 15.5. The van der Waals surface area contributed by atoms with Crippen molar-refractivity contribution in [2.24, 2.45) is 0 Å². The fourth-order valence-electron chi connectivity index (χ4n) is 2.52. The van der Waals surface area contributed by atoms with Gasteiger partial charge < -0.3 is 9.47 Å². The Bertz CT molecular complexity index is 1090. The number of sulfone groups is 1. The van der Waals surface area contributed by atoms with E-state index in [-0.39, 0.29) is 28.4 Å². The Kier molecular flexibility index (Phi) is 4.58. The van der Waals surface area contributed by atoms with E-state index in [1.54, 1.807) is 26.2 Å². The van der Waals surface area contributed by atoms with Gasteiger partial charge in [-0.15, -0.1) is 0 Å². The third-order valence-electron chi connectivity index (χ3n) is 3.83. The van der Waals surface area contributed by atoms with Crippen LogP contribution in [-0.2, 0) is 22.6 Å². The Labute approximate surface area is 153 Å². The van der Waals surface area contributed by atoms with Crippen molar-refractivity contribution < 1.29 is 21.6 Å². The maximum absolute atomic E-state index is 13.2. The van der Waals surface area contributed by atoms with Crippen LogP contribution in [0.5, 0.6) is 0 Å². The maximum atomic E-state index is 13.2. The number of halogens is 3. The molecule has 27 heavy (non-hydrogen) atoms. The predicted molar refractivity (Wildman–Crippen MR) is 93.3 cm³/mol. The van der Waals surface area contributed by atoms with Crippen molar-refractivity contribution in [3.63, 3.8) is 0 Å². The van der Waals surface area contributed by atoms with Gasteiger partial charge in [0.15, 0.2) is 26.8 Å². The molecule has 3 aromatic rings. The summed E-state index contributed by atoms with van der Waals surface area (Å²) < 4.78 is 64.0. The lowest BCUT2D eigenvalue weighted by Gasteiger charge is -2.14. The lowest BCUT2D eigenvalue weighted by molar-refractivity contribution is -0.144. The number of rotatable bonds is 4. The number of imidazole rings is 1. The molecule has 0 aliphatic carbocycles. The predicted octanol–water partition coefficient (Wildman–Crippen LogP) is 2.36. The third-order valence-corrected chi connectivity index (χ3v) is 4.96. The number of fused-ring (bicyclic) bond motifs is 1. The van der Waals surface area contributed by atoms with E-state index in [9.17, 15) is 21.6 Å². The lowest BCUT2D eigenvalue weighted by Crippen LogP contribution is -2.18. The summed E-state index contributed by atoms with van der Waals surface area (Å²) in [7, 11) is -0.175. The lowest BCUT2D eigenvalue weighted by atomic mass is 10.2. The molecule has 2 heterocycles. The number of benzene rings is 1. The van der Waals surface area contributed by atoms with Crippen molar-refractivity contribution in [2.45, 2.75) is 17.6 Å². The van der Waals surface area contributed by atoms with E-state index in [1.807, 2.05) is 0 Å². The highest BCUT2D eigenvalue weighted by molar-refractivity contribution is 7.90. The van der Waals surface area contributed by atoms with Crippen LogP contribution in [0.25, 0.3) is 11.2 Å². The largest absolute Gasteiger partial charge is 0.451 e. The summed E-state index contributed by atoms with van der Waals surface area (Å²) in [5.41, 5.74) is 0.995. The fourth-order valence-corrected chi connectivity index (χ4v) is 3.15. The Morgan fingerprint density at radius 1 is 1.11 bits per heavy atom. The van der Waals surface area contributed by atoms with Gasteiger partial charge in [-0.1, -0.05) is 12.1 Å². The molecule has 2 aromatic heterocycles. The summed E-state index contributed by atoms with van der Waals surface area (Å²) in [5.74, 6) is -1.17. The van der Waals surface area contributed by atoms with Gasteiger partial charge in [0.2, 0.25) is 5.82 Å². The molecule has 0 unspecified atom stereocenters. The van der Waals surface area contributed by atoms with Crippen LogP contribution in [0, 0.1) is 0 Å². The first-order valence-corrected chi connectivity index (χ1v) is 9.62. The number of hydrogen-bond acceptors (Lipinski definition) is 6. The van der Waals surface area contributed by atoms with Crippen molar-refractivity contribution in [3.05, 3.63) is 42.0 Å². The fraction of sp³-hybridized carbons (Fsp3) is 0.312. The third kappa shape index (κ3) is 3.87. The Hall–Kier alpha value is -2.69. The van der Waals surface area contributed by atoms with Crippen LogP contribution in [0.15, 0.2) is 35.5 Å². The molecule has 0 saturated carbocycles. The molecule has 0 aliphatic rings. The molecule has 3 rings (SSSR count). The zero-order chi connectivity index (χ0) is 20.0. The van der Waals surface area contributed by atoms with Crippen molar-refractivity contribution in [1.29, 1.82) is 0 Å². The molecular weight excluding hydrogens is 383 g/mol. The SMILES string of the molecule is CN(C)c1nc(C(F)(F)F)nc2c1ncn2Cc1ccc(S(C)(=O)=O)cc1. The van der Waals surface area contributed by atoms with E-state index in [1.165, 1.54) is 27.9 Å².